The van der Waals surface area contributed by atoms with E-state index >= 15 is 0 Å². The minimum Gasteiger partial charge on any atom is -0.379 e. The molecule has 0 aliphatic heterocycles. The lowest BCUT2D eigenvalue weighted by Gasteiger charge is -2.13. The fraction of sp³-hybridized carbons (Fsp3) is 0.429. The number of nitrogens with one attached hydrogen (secondary N) is 2. The Bertz CT molecular complexity index is 339. The molecule has 2 nitrogen and oxygen atoms in total. The van der Waals surface area contributed by atoms with Crippen molar-refractivity contribution in [2.24, 2.45) is 0 Å². The average molecular weight is 280 g/mol. The summed E-state index contributed by atoms with van der Waals surface area (Å²) in [5, 5.41) is 6.24. The fourth-order valence-electron chi connectivity index (χ4n) is 1.87. The molecule has 0 amide bonds. The molecular weight excluding hydrogens is 260 g/mol. The van der Waals surface area contributed by atoms with Crippen LogP contribution in [0.5, 0.6) is 0 Å². The van der Waals surface area contributed by atoms with E-state index in [1.807, 2.05) is 0 Å². The maximum Gasteiger partial charge on any atom is 0.0617 e. The van der Waals surface area contributed by atoms with Crippen LogP contribution in [0.25, 0.3) is 0 Å². The Kier molecular flexibility index (Phi) is 6.83. The number of hydrogen-bond acceptors (Lipinski definition) is 2. The molecule has 0 aliphatic rings. The molecule has 0 aliphatic carbocycles. The van der Waals surface area contributed by atoms with E-state index in [-0.39, 0.29) is 0 Å². The van der Waals surface area contributed by atoms with Gasteiger partial charge in [-0.15, -0.1) is 0 Å². The van der Waals surface area contributed by atoms with Gasteiger partial charge in [-0.3, -0.25) is 0 Å². The molecule has 4 heteroatoms. The highest BCUT2D eigenvalue weighted by Gasteiger charge is 2.03. The minimum atomic E-state index is 0.378. The lowest BCUT2D eigenvalue weighted by Crippen LogP contribution is -2.26. The van der Waals surface area contributed by atoms with Gasteiger partial charge in [0.2, 0.25) is 0 Å². The highest BCUT2D eigenvalue weighted by Crippen LogP contribution is 2.09. The van der Waals surface area contributed by atoms with E-state index in [4.69, 9.17) is 24.4 Å². The molecular formula is C14H20N2S2. The van der Waals surface area contributed by atoms with Crippen LogP contribution in [-0.4, -0.2) is 23.1 Å². The van der Waals surface area contributed by atoms with Gasteiger partial charge in [-0.05, 0) is 37.8 Å². The molecule has 0 spiro atoms. The van der Waals surface area contributed by atoms with Crippen LogP contribution in [0.4, 0.5) is 0 Å². The molecule has 0 bridgehead atoms. The zero-order chi connectivity index (χ0) is 13.4. The summed E-state index contributed by atoms with van der Waals surface area (Å²) in [4.78, 5) is 0. The Balaban J connectivity index is 2.51. The molecule has 1 rings (SSSR count). The Morgan fingerprint density at radius 3 is 1.50 bits per heavy atom. The van der Waals surface area contributed by atoms with Crippen LogP contribution in [0.1, 0.15) is 25.0 Å². The SMILES string of the molecule is CC(Cc1ccc(CC(C)NC=S)cc1)NC=S. The summed E-state index contributed by atoms with van der Waals surface area (Å²) in [5.41, 5.74) is 5.81. The molecule has 0 fully saturated rings. The van der Waals surface area contributed by atoms with Gasteiger partial charge < -0.3 is 10.6 Å². The number of benzene rings is 1. The first-order chi connectivity index (χ1) is 8.65. The van der Waals surface area contributed by atoms with E-state index in [1.54, 1.807) is 11.0 Å². The molecule has 1 aromatic carbocycles. The third kappa shape index (κ3) is 5.56. The third-order valence-corrected chi connectivity index (χ3v) is 3.08. The quantitative estimate of drug-likeness (QED) is 0.715. The Hall–Kier alpha value is -1.00. The van der Waals surface area contributed by atoms with Crippen molar-refractivity contribution in [3.63, 3.8) is 0 Å². The monoisotopic (exact) mass is 280 g/mol. The summed E-state index contributed by atoms with van der Waals surface area (Å²) in [7, 11) is 0. The largest absolute Gasteiger partial charge is 0.379 e. The molecule has 98 valence electrons. The first kappa shape index (κ1) is 15.1. The molecule has 0 aromatic heterocycles. The van der Waals surface area contributed by atoms with Gasteiger partial charge in [-0.2, -0.15) is 0 Å². The summed E-state index contributed by atoms with van der Waals surface area (Å²) in [6, 6.07) is 9.48. The van der Waals surface area contributed by atoms with Crippen LogP contribution in [0.3, 0.4) is 0 Å². The minimum absolute atomic E-state index is 0.378. The van der Waals surface area contributed by atoms with E-state index in [0.29, 0.717) is 12.1 Å². The maximum atomic E-state index is 4.78. The molecule has 2 N–H and O–H groups in total. The van der Waals surface area contributed by atoms with Crippen molar-refractivity contribution in [3.8, 4) is 0 Å². The van der Waals surface area contributed by atoms with Crippen molar-refractivity contribution in [1.29, 1.82) is 0 Å². The van der Waals surface area contributed by atoms with Crippen LogP contribution in [-0.2, 0) is 12.8 Å². The first-order valence-corrected chi connectivity index (χ1v) is 7.07. The van der Waals surface area contributed by atoms with Crippen molar-refractivity contribution >= 4 is 35.4 Å². The molecule has 1 aromatic rings. The van der Waals surface area contributed by atoms with Gasteiger partial charge in [0, 0.05) is 12.1 Å². The van der Waals surface area contributed by atoms with Crippen LogP contribution in [0.2, 0.25) is 0 Å². The second kappa shape index (κ2) is 8.16. The predicted molar refractivity (Wildman–Crippen MR) is 86.4 cm³/mol. The molecule has 0 radical (unpaired) electrons. The summed E-state index contributed by atoms with van der Waals surface area (Å²) in [6.07, 6.45) is 1.97. The molecule has 2 unspecified atom stereocenters. The lowest BCUT2D eigenvalue weighted by atomic mass is 10.0. The van der Waals surface area contributed by atoms with Crippen LogP contribution in [0.15, 0.2) is 24.3 Å². The Labute approximate surface area is 120 Å². The predicted octanol–water partition coefficient (Wildman–Crippen LogP) is 2.64. The molecule has 0 saturated carbocycles. The van der Waals surface area contributed by atoms with Crippen LogP contribution < -0.4 is 10.6 Å². The zero-order valence-electron chi connectivity index (χ0n) is 10.8. The van der Waals surface area contributed by atoms with Crippen LogP contribution >= 0.6 is 24.4 Å². The lowest BCUT2D eigenvalue weighted by molar-refractivity contribution is 0.665. The second-order valence-corrected chi connectivity index (χ2v) is 5.07. The van der Waals surface area contributed by atoms with Gasteiger partial charge in [0.05, 0.1) is 11.0 Å². The van der Waals surface area contributed by atoms with Crippen molar-refractivity contribution in [2.75, 3.05) is 0 Å². The highest BCUT2D eigenvalue weighted by molar-refractivity contribution is 7.79. The van der Waals surface area contributed by atoms with E-state index in [1.165, 1.54) is 11.1 Å². The van der Waals surface area contributed by atoms with E-state index < -0.39 is 0 Å². The summed E-state index contributed by atoms with van der Waals surface area (Å²) in [6.45, 7) is 4.25. The van der Waals surface area contributed by atoms with Crippen molar-refractivity contribution in [2.45, 2.75) is 38.8 Å². The fourth-order valence-corrected chi connectivity index (χ4v) is 2.33. The summed E-state index contributed by atoms with van der Waals surface area (Å²) >= 11 is 9.57. The highest BCUT2D eigenvalue weighted by atomic mass is 32.1. The molecule has 2 atom stereocenters. The number of rotatable bonds is 8. The molecule has 0 heterocycles. The average Bonchev–Trinajstić information content (AvgIpc) is 2.32. The van der Waals surface area contributed by atoms with Gasteiger partial charge in [0.25, 0.3) is 0 Å². The second-order valence-electron chi connectivity index (χ2n) is 4.60. The standard InChI is InChI=1S/C14H20N2S2/c1-11(15-9-17)7-13-3-5-14(6-4-13)8-12(2)16-10-18/h3-6,9-12H,7-8H2,1-2H3,(H,15,17)(H,16,18). The summed E-state index contributed by atoms with van der Waals surface area (Å²) in [5.74, 6) is 0. The van der Waals surface area contributed by atoms with Crippen molar-refractivity contribution in [1.82, 2.24) is 10.6 Å². The van der Waals surface area contributed by atoms with Gasteiger partial charge >= 0.3 is 0 Å². The Morgan fingerprint density at radius 1 is 0.889 bits per heavy atom. The third-order valence-electron chi connectivity index (χ3n) is 2.81. The van der Waals surface area contributed by atoms with Gasteiger partial charge in [-0.25, -0.2) is 0 Å². The van der Waals surface area contributed by atoms with Gasteiger partial charge in [-0.1, -0.05) is 48.7 Å². The van der Waals surface area contributed by atoms with Crippen molar-refractivity contribution in [3.05, 3.63) is 35.4 Å². The number of thiocarbonyl (C=S) groups is 2. The van der Waals surface area contributed by atoms with E-state index in [0.717, 1.165) is 12.8 Å². The Morgan fingerprint density at radius 2 is 1.22 bits per heavy atom. The molecule has 0 saturated heterocycles. The maximum absolute atomic E-state index is 4.78. The number of hydrogen-bond donors (Lipinski definition) is 2. The normalized spacial score (nSPS) is 13.4. The van der Waals surface area contributed by atoms with Gasteiger partial charge in [0.15, 0.2) is 0 Å². The molecule has 18 heavy (non-hydrogen) atoms. The van der Waals surface area contributed by atoms with Crippen LogP contribution in [0, 0.1) is 0 Å². The first-order valence-electron chi connectivity index (χ1n) is 6.13. The zero-order valence-corrected chi connectivity index (χ0v) is 12.5. The van der Waals surface area contributed by atoms with E-state index in [2.05, 4.69) is 48.7 Å². The topological polar surface area (TPSA) is 24.1 Å². The van der Waals surface area contributed by atoms with Gasteiger partial charge in [0.1, 0.15) is 0 Å². The van der Waals surface area contributed by atoms with Crippen molar-refractivity contribution < 1.29 is 0 Å². The summed E-state index contributed by atoms with van der Waals surface area (Å²) < 4.78 is 0. The van der Waals surface area contributed by atoms with E-state index in [9.17, 15) is 0 Å². The smallest absolute Gasteiger partial charge is 0.0617 e.